The van der Waals surface area contributed by atoms with Gasteiger partial charge in [-0.3, -0.25) is 4.79 Å². The second kappa shape index (κ2) is 7.05. The predicted molar refractivity (Wildman–Crippen MR) is 86.1 cm³/mol. The first-order valence-corrected chi connectivity index (χ1v) is 8.35. The highest BCUT2D eigenvalue weighted by Crippen LogP contribution is 2.46. The van der Waals surface area contributed by atoms with Crippen LogP contribution in [-0.4, -0.2) is 59.6 Å². The van der Waals surface area contributed by atoms with Gasteiger partial charge >= 0.3 is 17.9 Å². The summed E-state index contributed by atoms with van der Waals surface area (Å²) in [7, 11) is 0. The van der Waals surface area contributed by atoms with E-state index in [0.717, 1.165) is 0 Å². The molecule has 0 amide bonds. The van der Waals surface area contributed by atoms with Crippen LogP contribution in [0.25, 0.3) is 0 Å². The van der Waals surface area contributed by atoms with Gasteiger partial charge in [0.2, 0.25) is 0 Å². The highest BCUT2D eigenvalue weighted by Gasteiger charge is 2.69. The highest BCUT2D eigenvalue weighted by molar-refractivity contribution is 5.89. The molecule has 1 N–H and O–H groups in total. The van der Waals surface area contributed by atoms with Crippen LogP contribution in [0.2, 0.25) is 0 Å². The van der Waals surface area contributed by atoms with E-state index < -0.39 is 47.9 Å². The molecule has 5 atom stereocenters. The highest BCUT2D eigenvalue weighted by atomic mass is 16.7. The number of epoxide rings is 1. The zero-order valence-corrected chi connectivity index (χ0v) is 14.4. The van der Waals surface area contributed by atoms with Crippen LogP contribution in [0.1, 0.15) is 30.6 Å². The van der Waals surface area contributed by atoms with E-state index in [-0.39, 0.29) is 13.0 Å². The number of carbonyl (C=O) groups is 3. The van der Waals surface area contributed by atoms with Gasteiger partial charge in [0.15, 0.2) is 11.7 Å². The quantitative estimate of drug-likeness (QED) is 0.459. The van der Waals surface area contributed by atoms with Gasteiger partial charge in [-0.25, -0.2) is 9.59 Å². The van der Waals surface area contributed by atoms with Gasteiger partial charge in [0, 0.05) is 13.3 Å². The van der Waals surface area contributed by atoms with E-state index in [1.165, 1.54) is 6.92 Å². The van der Waals surface area contributed by atoms with Gasteiger partial charge in [-0.1, -0.05) is 18.2 Å². The van der Waals surface area contributed by atoms with E-state index in [4.69, 9.17) is 18.9 Å². The zero-order chi connectivity index (χ0) is 18.9. The fourth-order valence-electron chi connectivity index (χ4n) is 3.19. The largest absolute Gasteiger partial charge is 0.464 e. The average molecular weight is 364 g/mol. The number of carbonyl (C=O) groups excluding carboxylic acids is 3. The van der Waals surface area contributed by atoms with E-state index in [9.17, 15) is 19.5 Å². The summed E-state index contributed by atoms with van der Waals surface area (Å²) < 4.78 is 21.0. The van der Waals surface area contributed by atoms with Gasteiger partial charge in [0.05, 0.1) is 12.2 Å². The van der Waals surface area contributed by atoms with E-state index in [0.29, 0.717) is 5.56 Å². The standard InChI is InChI=1S/C18H20O8/c1-3-23-17(21)18(22)9-12(24-10(2)19)13(14-15(18)25-14)26-16(20)11-7-5-4-6-8-11/h4-8,12-15,22H,3,9H2,1-2H3/t12-,13+,14+,15+,18-/m1/s1. The number of ether oxygens (including phenoxy) is 4. The molecule has 1 heterocycles. The first kappa shape index (κ1) is 18.3. The summed E-state index contributed by atoms with van der Waals surface area (Å²) in [6.45, 7) is 2.89. The maximum Gasteiger partial charge on any atom is 0.341 e. The Bertz CT molecular complexity index is 702. The fraction of sp³-hybridized carbons (Fsp3) is 0.500. The molecule has 1 saturated heterocycles. The second-order valence-corrected chi connectivity index (χ2v) is 6.25. The molecule has 0 unspecified atom stereocenters. The Balaban J connectivity index is 1.79. The third-order valence-corrected chi connectivity index (χ3v) is 4.40. The van der Waals surface area contributed by atoms with Crippen LogP contribution in [0.15, 0.2) is 30.3 Å². The summed E-state index contributed by atoms with van der Waals surface area (Å²) in [6.07, 6.45) is -3.86. The van der Waals surface area contributed by atoms with Crippen LogP contribution >= 0.6 is 0 Å². The lowest BCUT2D eigenvalue weighted by Gasteiger charge is -2.35. The smallest absolute Gasteiger partial charge is 0.341 e. The summed E-state index contributed by atoms with van der Waals surface area (Å²) in [4.78, 5) is 35.9. The van der Waals surface area contributed by atoms with Crippen molar-refractivity contribution in [1.82, 2.24) is 0 Å². The third-order valence-electron chi connectivity index (χ3n) is 4.40. The summed E-state index contributed by atoms with van der Waals surface area (Å²) in [5.41, 5.74) is -1.62. The Hall–Kier alpha value is -2.45. The van der Waals surface area contributed by atoms with Gasteiger partial charge < -0.3 is 24.1 Å². The first-order valence-electron chi connectivity index (χ1n) is 8.35. The zero-order valence-electron chi connectivity index (χ0n) is 14.4. The third kappa shape index (κ3) is 3.42. The SMILES string of the molecule is CCOC(=O)[C@@]1(O)C[C@@H](OC(C)=O)[C@H](OC(=O)c2ccccc2)[C@@H]2O[C@@H]21. The minimum atomic E-state index is -1.95. The van der Waals surface area contributed by atoms with E-state index in [1.54, 1.807) is 37.3 Å². The summed E-state index contributed by atoms with van der Waals surface area (Å²) in [6, 6.07) is 8.32. The maximum absolute atomic E-state index is 12.3. The van der Waals surface area contributed by atoms with Crippen LogP contribution in [0.4, 0.5) is 0 Å². The number of rotatable bonds is 5. The van der Waals surface area contributed by atoms with Gasteiger partial charge in [0.1, 0.15) is 18.3 Å². The molecule has 3 rings (SSSR count). The molecule has 1 aliphatic heterocycles. The lowest BCUT2D eigenvalue weighted by atomic mass is 9.81. The molecular formula is C18H20O8. The predicted octanol–water partition coefficient (Wildman–Crippen LogP) is 0.609. The van der Waals surface area contributed by atoms with E-state index >= 15 is 0 Å². The van der Waals surface area contributed by atoms with Gasteiger partial charge in [-0.2, -0.15) is 0 Å². The van der Waals surface area contributed by atoms with Crippen LogP contribution < -0.4 is 0 Å². The Labute approximate surface area is 150 Å². The molecule has 2 aliphatic rings. The van der Waals surface area contributed by atoms with Crippen molar-refractivity contribution < 1.29 is 38.4 Å². The molecule has 0 spiro atoms. The molecule has 1 saturated carbocycles. The fourth-order valence-corrected chi connectivity index (χ4v) is 3.19. The van der Waals surface area contributed by atoms with Crippen LogP contribution in [0.5, 0.6) is 0 Å². The Kier molecular flexibility index (Phi) is 4.97. The number of esters is 3. The van der Waals surface area contributed by atoms with Crippen LogP contribution in [-0.2, 0) is 28.5 Å². The summed E-state index contributed by atoms with van der Waals surface area (Å²) >= 11 is 0. The maximum atomic E-state index is 12.3. The number of aliphatic hydroxyl groups is 1. The molecular weight excluding hydrogens is 344 g/mol. The molecule has 140 valence electrons. The van der Waals surface area contributed by atoms with Crippen molar-refractivity contribution in [2.75, 3.05) is 6.61 Å². The first-order chi connectivity index (χ1) is 12.4. The molecule has 0 radical (unpaired) electrons. The molecule has 2 fully saturated rings. The lowest BCUT2D eigenvalue weighted by Crippen LogP contribution is -2.57. The molecule has 0 bridgehead atoms. The van der Waals surface area contributed by atoms with Crippen LogP contribution in [0.3, 0.4) is 0 Å². The van der Waals surface area contributed by atoms with Crippen molar-refractivity contribution in [3.8, 4) is 0 Å². The van der Waals surface area contributed by atoms with Gasteiger partial charge in [-0.15, -0.1) is 0 Å². The second-order valence-electron chi connectivity index (χ2n) is 6.25. The molecule has 8 heteroatoms. The number of benzene rings is 1. The van der Waals surface area contributed by atoms with E-state index in [2.05, 4.69) is 0 Å². The lowest BCUT2D eigenvalue weighted by molar-refractivity contribution is -0.181. The Morgan fingerprint density at radius 2 is 1.92 bits per heavy atom. The number of hydrogen-bond acceptors (Lipinski definition) is 8. The number of fused-ring (bicyclic) bond motifs is 1. The average Bonchev–Trinajstić information content (AvgIpc) is 3.40. The van der Waals surface area contributed by atoms with E-state index in [1.807, 2.05) is 0 Å². The van der Waals surface area contributed by atoms with Crippen LogP contribution in [0, 0.1) is 0 Å². The molecule has 0 aromatic heterocycles. The molecule has 1 aromatic rings. The van der Waals surface area contributed by atoms with Crippen molar-refractivity contribution in [2.24, 2.45) is 0 Å². The molecule has 1 aliphatic carbocycles. The molecule has 26 heavy (non-hydrogen) atoms. The molecule has 1 aromatic carbocycles. The van der Waals surface area contributed by atoms with Crippen molar-refractivity contribution in [1.29, 1.82) is 0 Å². The normalized spacial score (nSPS) is 32.1. The minimum Gasteiger partial charge on any atom is -0.464 e. The van der Waals surface area contributed by atoms with Gasteiger partial charge in [-0.05, 0) is 19.1 Å². The molecule has 8 nitrogen and oxygen atoms in total. The van der Waals surface area contributed by atoms with Crippen molar-refractivity contribution in [3.63, 3.8) is 0 Å². The number of hydrogen-bond donors (Lipinski definition) is 1. The summed E-state index contributed by atoms with van der Waals surface area (Å²) in [5.74, 6) is -2.08. The monoisotopic (exact) mass is 364 g/mol. The van der Waals surface area contributed by atoms with Crippen molar-refractivity contribution in [2.45, 2.75) is 50.3 Å². The minimum absolute atomic E-state index is 0.0865. The van der Waals surface area contributed by atoms with Crippen molar-refractivity contribution >= 4 is 17.9 Å². The van der Waals surface area contributed by atoms with Gasteiger partial charge in [0.25, 0.3) is 0 Å². The Morgan fingerprint density at radius 1 is 1.23 bits per heavy atom. The van der Waals surface area contributed by atoms with Crippen molar-refractivity contribution in [3.05, 3.63) is 35.9 Å². The topological polar surface area (TPSA) is 112 Å². The Morgan fingerprint density at radius 3 is 2.54 bits per heavy atom. The summed E-state index contributed by atoms with van der Waals surface area (Å²) in [5, 5.41) is 10.7.